The molecule has 22 heavy (non-hydrogen) atoms. The molecule has 4 rings (SSSR count). The SMILES string of the molecule is c1cc2ccc(-c3noc(CCN4CCSCC4)n3)cc2[nH]1. The van der Waals surface area contributed by atoms with Gasteiger partial charge in [-0.05, 0) is 17.5 Å². The second-order valence-corrected chi connectivity index (χ2v) is 6.72. The van der Waals surface area contributed by atoms with Gasteiger partial charge in [0, 0.05) is 54.8 Å². The molecular weight excluding hydrogens is 296 g/mol. The summed E-state index contributed by atoms with van der Waals surface area (Å²) in [4.78, 5) is 10.2. The zero-order chi connectivity index (χ0) is 14.8. The number of H-pyrrole nitrogens is 1. The van der Waals surface area contributed by atoms with Crippen LogP contribution >= 0.6 is 11.8 Å². The molecule has 2 aromatic heterocycles. The Balaban J connectivity index is 1.46. The van der Waals surface area contributed by atoms with Crippen LogP contribution in [0.3, 0.4) is 0 Å². The first-order chi connectivity index (χ1) is 10.9. The fourth-order valence-corrected chi connectivity index (χ4v) is 3.72. The number of benzene rings is 1. The minimum atomic E-state index is 0.667. The summed E-state index contributed by atoms with van der Waals surface area (Å²) in [6.45, 7) is 3.32. The number of hydrogen-bond donors (Lipinski definition) is 1. The molecule has 0 amide bonds. The number of aromatic amines is 1. The highest BCUT2D eigenvalue weighted by molar-refractivity contribution is 7.99. The molecule has 0 radical (unpaired) electrons. The molecular formula is C16H18N4OS. The molecule has 0 saturated carbocycles. The van der Waals surface area contributed by atoms with Gasteiger partial charge in [0.2, 0.25) is 11.7 Å². The summed E-state index contributed by atoms with van der Waals surface area (Å²) in [7, 11) is 0. The monoisotopic (exact) mass is 314 g/mol. The predicted molar refractivity (Wildman–Crippen MR) is 89.1 cm³/mol. The molecule has 1 aliphatic rings. The largest absolute Gasteiger partial charge is 0.361 e. The molecule has 3 aromatic rings. The fraction of sp³-hybridized carbons (Fsp3) is 0.375. The Morgan fingerprint density at radius 1 is 1.23 bits per heavy atom. The molecule has 0 bridgehead atoms. The van der Waals surface area contributed by atoms with Gasteiger partial charge in [-0.25, -0.2) is 0 Å². The number of rotatable bonds is 4. The van der Waals surface area contributed by atoms with Crippen molar-refractivity contribution < 1.29 is 4.52 Å². The fourth-order valence-electron chi connectivity index (χ4n) is 2.74. The second kappa shape index (κ2) is 6.14. The topological polar surface area (TPSA) is 58.0 Å². The number of hydrogen-bond acceptors (Lipinski definition) is 5. The Bertz CT molecular complexity index is 760. The van der Waals surface area contributed by atoms with E-state index in [-0.39, 0.29) is 0 Å². The maximum atomic E-state index is 5.40. The van der Waals surface area contributed by atoms with E-state index in [0.29, 0.717) is 5.82 Å². The minimum absolute atomic E-state index is 0.667. The van der Waals surface area contributed by atoms with Crippen LogP contribution in [0.1, 0.15) is 5.89 Å². The third kappa shape index (κ3) is 2.89. The highest BCUT2D eigenvalue weighted by Gasteiger charge is 2.13. The molecule has 1 saturated heterocycles. The van der Waals surface area contributed by atoms with Crippen LogP contribution in [-0.2, 0) is 6.42 Å². The maximum Gasteiger partial charge on any atom is 0.228 e. The Labute approximate surface area is 133 Å². The summed E-state index contributed by atoms with van der Waals surface area (Å²) >= 11 is 2.03. The number of thioether (sulfide) groups is 1. The van der Waals surface area contributed by atoms with Gasteiger partial charge in [-0.15, -0.1) is 0 Å². The molecule has 1 N–H and O–H groups in total. The molecule has 0 spiro atoms. The van der Waals surface area contributed by atoms with Gasteiger partial charge in [0.05, 0.1) is 0 Å². The van der Waals surface area contributed by atoms with E-state index < -0.39 is 0 Å². The van der Waals surface area contributed by atoms with E-state index >= 15 is 0 Å². The van der Waals surface area contributed by atoms with E-state index in [1.807, 2.05) is 24.0 Å². The Kier molecular flexibility index (Phi) is 3.86. The Morgan fingerprint density at radius 3 is 3.05 bits per heavy atom. The van der Waals surface area contributed by atoms with Crippen LogP contribution in [-0.4, -0.2) is 51.2 Å². The van der Waals surface area contributed by atoms with Crippen molar-refractivity contribution in [3.8, 4) is 11.4 Å². The third-order valence-electron chi connectivity index (χ3n) is 4.03. The predicted octanol–water partition coefficient (Wildman–Crippen LogP) is 2.81. The van der Waals surface area contributed by atoms with Gasteiger partial charge >= 0.3 is 0 Å². The molecule has 0 atom stereocenters. The number of nitrogens with zero attached hydrogens (tertiary/aromatic N) is 3. The first-order valence-corrected chi connectivity index (χ1v) is 8.74. The van der Waals surface area contributed by atoms with Crippen LogP contribution in [0.4, 0.5) is 0 Å². The molecule has 1 aliphatic heterocycles. The minimum Gasteiger partial charge on any atom is -0.361 e. The quantitative estimate of drug-likeness (QED) is 0.802. The molecule has 3 heterocycles. The zero-order valence-corrected chi connectivity index (χ0v) is 13.1. The molecule has 1 aromatic carbocycles. The van der Waals surface area contributed by atoms with Crippen molar-refractivity contribution in [3.63, 3.8) is 0 Å². The highest BCUT2D eigenvalue weighted by Crippen LogP contribution is 2.21. The lowest BCUT2D eigenvalue weighted by atomic mass is 10.1. The third-order valence-corrected chi connectivity index (χ3v) is 4.97. The summed E-state index contributed by atoms with van der Waals surface area (Å²) in [6, 6.07) is 8.22. The van der Waals surface area contributed by atoms with E-state index in [1.54, 1.807) is 0 Å². The summed E-state index contributed by atoms with van der Waals surface area (Å²) in [5.74, 6) is 3.84. The van der Waals surface area contributed by atoms with Crippen LogP contribution < -0.4 is 0 Å². The molecule has 0 aliphatic carbocycles. The Morgan fingerprint density at radius 2 is 2.14 bits per heavy atom. The summed E-state index contributed by atoms with van der Waals surface area (Å²) in [6.07, 6.45) is 2.76. The van der Waals surface area contributed by atoms with E-state index in [4.69, 9.17) is 4.52 Å². The second-order valence-electron chi connectivity index (χ2n) is 5.50. The van der Waals surface area contributed by atoms with Crippen molar-refractivity contribution >= 4 is 22.7 Å². The lowest BCUT2D eigenvalue weighted by molar-refractivity contribution is 0.286. The molecule has 6 heteroatoms. The number of fused-ring (bicyclic) bond motifs is 1. The average Bonchev–Trinajstić information content (AvgIpc) is 3.22. The van der Waals surface area contributed by atoms with Crippen molar-refractivity contribution in [2.45, 2.75) is 6.42 Å². The van der Waals surface area contributed by atoms with Crippen molar-refractivity contribution in [2.75, 3.05) is 31.1 Å². The van der Waals surface area contributed by atoms with Crippen LogP contribution in [0.25, 0.3) is 22.3 Å². The van der Waals surface area contributed by atoms with Crippen LogP contribution in [0.5, 0.6) is 0 Å². The van der Waals surface area contributed by atoms with Gasteiger partial charge in [-0.2, -0.15) is 16.7 Å². The van der Waals surface area contributed by atoms with E-state index in [2.05, 4.69) is 38.2 Å². The van der Waals surface area contributed by atoms with E-state index in [1.165, 1.54) is 16.9 Å². The van der Waals surface area contributed by atoms with E-state index in [9.17, 15) is 0 Å². The average molecular weight is 314 g/mol. The van der Waals surface area contributed by atoms with Gasteiger partial charge in [0.1, 0.15) is 0 Å². The lowest BCUT2D eigenvalue weighted by Gasteiger charge is -2.25. The normalized spacial score (nSPS) is 16.4. The first-order valence-electron chi connectivity index (χ1n) is 7.59. The van der Waals surface area contributed by atoms with Gasteiger partial charge in [0.15, 0.2) is 0 Å². The molecule has 114 valence electrons. The van der Waals surface area contributed by atoms with Crippen LogP contribution in [0.15, 0.2) is 35.0 Å². The number of nitrogens with one attached hydrogen (secondary N) is 1. The summed E-state index contributed by atoms with van der Waals surface area (Å²) < 4.78 is 5.40. The van der Waals surface area contributed by atoms with Crippen molar-refractivity contribution in [2.24, 2.45) is 0 Å². The summed E-state index contributed by atoms with van der Waals surface area (Å²) in [5, 5.41) is 5.31. The van der Waals surface area contributed by atoms with Crippen molar-refractivity contribution in [1.82, 2.24) is 20.0 Å². The van der Waals surface area contributed by atoms with E-state index in [0.717, 1.165) is 43.0 Å². The first kappa shape index (κ1) is 13.8. The Hall–Kier alpha value is -1.79. The van der Waals surface area contributed by atoms with Crippen molar-refractivity contribution in [3.05, 3.63) is 36.4 Å². The maximum absolute atomic E-state index is 5.40. The zero-order valence-electron chi connectivity index (χ0n) is 12.3. The van der Waals surface area contributed by atoms with Gasteiger partial charge in [0.25, 0.3) is 0 Å². The molecule has 0 unspecified atom stereocenters. The summed E-state index contributed by atoms with van der Waals surface area (Å²) in [5.41, 5.74) is 2.08. The van der Waals surface area contributed by atoms with Gasteiger partial charge < -0.3 is 14.4 Å². The smallest absolute Gasteiger partial charge is 0.228 e. The lowest BCUT2D eigenvalue weighted by Crippen LogP contribution is -2.34. The standard InChI is InChI=1S/C16H18N4OS/c1-2-13(11-14-12(1)3-5-17-14)16-18-15(21-19-16)4-6-20-7-9-22-10-8-20/h1-3,5,11,17H,4,6-10H2. The van der Waals surface area contributed by atoms with Crippen LogP contribution in [0.2, 0.25) is 0 Å². The van der Waals surface area contributed by atoms with Gasteiger partial charge in [-0.1, -0.05) is 17.3 Å². The molecule has 1 fully saturated rings. The number of aromatic nitrogens is 3. The highest BCUT2D eigenvalue weighted by atomic mass is 32.2. The molecule has 5 nitrogen and oxygen atoms in total. The van der Waals surface area contributed by atoms with Crippen LogP contribution in [0, 0.1) is 0 Å². The van der Waals surface area contributed by atoms with Crippen molar-refractivity contribution in [1.29, 1.82) is 0 Å². The van der Waals surface area contributed by atoms with Gasteiger partial charge in [-0.3, -0.25) is 0 Å².